The normalized spacial score (nSPS) is 17.1. The molecule has 0 amide bonds. The number of nitro groups is 1. The lowest BCUT2D eigenvalue weighted by Crippen LogP contribution is -2.33. The number of carbonyl (C=O) groups excluding carboxylic acids is 1. The summed E-state index contributed by atoms with van der Waals surface area (Å²) in [5.41, 5.74) is 1.19. The van der Waals surface area contributed by atoms with Gasteiger partial charge in [-0.3, -0.25) is 10.1 Å². The molecular weight excluding hydrogens is 412 g/mol. The number of dihydropyridines is 1. The van der Waals surface area contributed by atoms with E-state index in [1.54, 1.807) is 19.9 Å². The Morgan fingerprint density at radius 1 is 1.16 bits per heavy atom. The molecule has 1 heterocycles. The molecule has 8 heteroatoms. The molecular formula is C24H32N2O6. The van der Waals surface area contributed by atoms with E-state index in [0.717, 1.165) is 32.1 Å². The molecule has 2 unspecified atom stereocenters. The molecule has 1 aromatic carbocycles. The SMILES string of the molecule is CCCCCCC(CC)OC(=O)C1=C(C)NC(C)=C(C(=O)O)C1c1cccc([N+](=O)[O-])c1. The van der Waals surface area contributed by atoms with E-state index >= 15 is 0 Å². The van der Waals surface area contributed by atoms with Crippen molar-refractivity contribution in [1.82, 2.24) is 5.32 Å². The second-order valence-corrected chi connectivity index (χ2v) is 8.08. The zero-order valence-electron chi connectivity index (χ0n) is 19.1. The molecule has 0 saturated carbocycles. The predicted octanol–water partition coefficient (Wildman–Crippen LogP) is 5.21. The van der Waals surface area contributed by atoms with Crippen LogP contribution in [0.5, 0.6) is 0 Å². The second-order valence-electron chi connectivity index (χ2n) is 8.08. The molecule has 0 bridgehead atoms. The minimum Gasteiger partial charge on any atom is -0.478 e. The first-order valence-corrected chi connectivity index (χ1v) is 11.1. The van der Waals surface area contributed by atoms with Crippen LogP contribution >= 0.6 is 0 Å². The van der Waals surface area contributed by atoms with Crippen molar-refractivity contribution in [1.29, 1.82) is 0 Å². The van der Waals surface area contributed by atoms with Crippen molar-refractivity contribution >= 4 is 17.6 Å². The molecule has 1 aliphatic rings. The van der Waals surface area contributed by atoms with Crippen molar-refractivity contribution in [2.24, 2.45) is 0 Å². The van der Waals surface area contributed by atoms with Crippen LogP contribution in [0.2, 0.25) is 0 Å². The molecule has 0 aliphatic carbocycles. The number of hydrogen-bond acceptors (Lipinski definition) is 6. The third-order valence-corrected chi connectivity index (χ3v) is 5.73. The van der Waals surface area contributed by atoms with E-state index in [0.29, 0.717) is 23.4 Å². The standard InChI is InChI=1S/C24H32N2O6/c1-5-7-8-9-13-19(6-2)32-24(29)21-16(4)25-15(3)20(23(27)28)22(21)17-11-10-12-18(14-17)26(30)31/h10-12,14,19,22,25H,5-9,13H2,1-4H3,(H,27,28). The fourth-order valence-electron chi connectivity index (χ4n) is 4.06. The van der Waals surface area contributed by atoms with Crippen LogP contribution in [0.1, 0.15) is 77.7 Å². The van der Waals surface area contributed by atoms with Crippen molar-refractivity contribution < 1.29 is 24.4 Å². The number of hydrogen-bond donors (Lipinski definition) is 2. The smallest absolute Gasteiger partial charge is 0.337 e. The summed E-state index contributed by atoms with van der Waals surface area (Å²) in [7, 11) is 0. The summed E-state index contributed by atoms with van der Waals surface area (Å²) in [4.78, 5) is 36.1. The van der Waals surface area contributed by atoms with Gasteiger partial charge in [-0.15, -0.1) is 0 Å². The Morgan fingerprint density at radius 2 is 1.84 bits per heavy atom. The maximum atomic E-state index is 13.3. The van der Waals surface area contributed by atoms with E-state index in [-0.39, 0.29) is 22.9 Å². The number of carboxylic acids is 1. The first kappa shape index (κ1) is 25.1. The minimum absolute atomic E-state index is 0.0287. The summed E-state index contributed by atoms with van der Waals surface area (Å²) in [5, 5.41) is 24.2. The van der Waals surface area contributed by atoms with Crippen LogP contribution in [0, 0.1) is 10.1 Å². The highest BCUT2D eigenvalue weighted by molar-refractivity contribution is 5.99. The van der Waals surface area contributed by atoms with Crippen LogP contribution < -0.4 is 5.32 Å². The van der Waals surface area contributed by atoms with Crippen LogP contribution in [0.25, 0.3) is 0 Å². The fraction of sp³-hybridized carbons (Fsp3) is 0.500. The maximum Gasteiger partial charge on any atom is 0.337 e. The summed E-state index contributed by atoms with van der Waals surface area (Å²) in [6.45, 7) is 7.38. The number of aliphatic carboxylic acids is 1. The number of allylic oxidation sites excluding steroid dienone is 2. The van der Waals surface area contributed by atoms with Crippen molar-refractivity contribution in [3.63, 3.8) is 0 Å². The van der Waals surface area contributed by atoms with Crippen molar-refractivity contribution in [2.75, 3.05) is 0 Å². The van der Waals surface area contributed by atoms with Crippen molar-refractivity contribution in [3.05, 3.63) is 62.5 Å². The number of esters is 1. The largest absolute Gasteiger partial charge is 0.478 e. The van der Waals surface area contributed by atoms with E-state index in [9.17, 15) is 24.8 Å². The Balaban J connectivity index is 2.42. The van der Waals surface area contributed by atoms with E-state index < -0.39 is 22.8 Å². The number of non-ortho nitro benzene ring substituents is 1. The van der Waals surface area contributed by atoms with Crippen molar-refractivity contribution in [3.8, 4) is 0 Å². The summed E-state index contributed by atoms with van der Waals surface area (Å²) in [6, 6.07) is 5.74. The van der Waals surface area contributed by atoms with Crippen LogP contribution in [0.15, 0.2) is 46.8 Å². The molecule has 2 rings (SSSR count). The van der Waals surface area contributed by atoms with E-state index in [4.69, 9.17) is 4.74 Å². The molecule has 0 aromatic heterocycles. The zero-order chi connectivity index (χ0) is 23.8. The molecule has 8 nitrogen and oxygen atoms in total. The summed E-state index contributed by atoms with van der Waals surface area (Å²) < 4.78 is 5.80. The molecule has 2 atom stereocenters. The van der Waals surface area contributed by atoms with E-state index in [1.165, 1.54) is 18.2 Å². The predicted molar refractivity (Wildman–Crippen MR) is 121 cm³/mol. The molecule has 0 spiro atoms. The number of nitrogens with one attached hydrogen (secondary N) is 1. The summed E-state index contributed by atoms with van der Waals surface area (Å²) in [6.07, 6.45) is 5.37. The molecule has 174 valence electrons. The number of ether oxygens (including phenoxy) is 1. The fourth-order valence-corrected chi connectivity index (χ4v) is 4.06. The molecule has 32 heavy (non-hydrogen) atoms. The number of rotatable bonds is 11. The quantitative estimate of drug-likeness (QED) is 0.208. The van der Waals surface area contributed by atoms with Gasteiger partial charge in [0.2, 0.25) is 0 Å². The lowest BCUT2D eigenvalue weighted by atomic mass is 9.80. The minimum atomic E-state index is -1.20. The third-order valence-electron chi connectivity index (χ3n) is 5.73. The van der Waals surface area contributed by atoms with Crippen LogP contribution in [0.3, 0.4) is 0 Å². The van der Waals surface area contributed by atoms with E-state index in [2.05, 4.69) is 12.2 Å². The number of nitrogens with zero attached hydrogens (tertiary/aromatic N) is 1. The Morgan fingerprint density at radius 3 is 2.44 bits per heavy atom. The van der Waals surface area contributed by atoms with Gasteiger partial charge in [0.15, 0.2) is 0 Å². The first-order chi connectivity index (χ1) is 15.2. The molecule has 0 radical (unpaired) electrons. The molecule has 1 aromatic rings. The number of carbonyl (C=O) groups is 2. The van der Waals surface area contributed by atoms with Gasteiger partial charge < -0.3 is 15.2 Å². The zero-order valence-corrected chi connectivity index (χ0v) is 19.1. The van der Waals surface area contributed by atoms with E-state index in [1.807, 2.05) is 6.92 Å². The monoisotopic (exact) mass is 444 g/mol. The van der Waals surface area contributed by atoms with Gasteiger partial charge in [0.25, 0.3) is 5.69 Å². The lowest BCUT2D eigenvalue weighted by molar-refractivity contribution is -0.384. The Kier molecular flexibility index (Phi) is 8.99. The highest BCUT2D eigenvalue weighted by Gasteiger charge is 2.38. The van der Waals surface area contributed by atoms with Crippen LogP contribution in [-0.4, -0.2) is 28.1 Å². The average Bonchev–Trinajstić information content (AvgIpc) is 2.74. The molecule has 1 aliphatic heterocycles. The average molecular weight is 445 g/mol. The highest BCUT2D eigenvalue weighted by Crippen LogP contribution is 2.40. The Labute approximate surface area is 188 Å². The highest BCUT2D eigenvalue weighted by atomic mass is 16.6. The first-order valence-electron chi connectivity index (χ1n) is 11.1. The van der Waals surface area contributed by atoms with Gasteiger partial charge in [0.05, 0.1) is 22.0 Å². The van der Waals surface area contributed by atoms with Crippen molar-refractivity contribution in [2.45, 2.75) is 78.2 Å². The summed E-state index contributed by atoms with van der Waals surface area (Å²) in [5.74, 6) is -2.77. The second kappa shape index (κ2) is 11.5. The Bertz CT molecular complexity index is 934. The lowest BCUT2D eigenvalue weighted by Gasteiger charge is -2.30. The Hall–Kier alpha value is -3.16. The number of carboxylic acid groups (broad SMARTS) is 1. The van der Waals surface area contributed by atoms with Gasteiger partial charge in [0, 0.05) is 23.5 Å². The molecule has 0 fully saturated rings. The van der Waals surface area contributed by atoms with Crippen LogP contribution in [-0.2, 0) is 14.3 Å². The van der Waals surface area contributed by atoms with Gasteiger partial charge in [-0.25, -0.2) is 9.59 Å². The molecule has 0 saturated heterocycles. The van der Waals surface area contributed by atoms with Gasteiger partial charge in [-0.1, -0.05) is 45.2 Å². The number of nitro benzene ring substituents is 1. The number of benzene rings is 1. The van der Waals surface area contributed by atoms with Gasteiger partial charge in [-0.2, -0.15) is 0 Å². The maximum absolute atomic E-state index is 13.3. The number of unbranched alkanes of at least 4 members (excludes halogenated alkanes) is 3. The third kappa shape index (κ3) is 5.96. The molecule has 2 N–H and O–H groups in total. The van der Waals surface area contributed by atoms with Gasteiger partial charge in [0.1, 0.15) is 6.10 Å². The van der Waals surface area contributed by atoms with Gasteiger partial charge in [-0.05, 0) is 38.7 Å². The summed E-state index contributed by atoms with van der Waals surface area (Å²) >= 11 is 0. The van der Waals surface area contributed by atoms with Gasteiger partial charge >= 0.3 is 11.9 Å². The van der Waals surface area contributed by atoms with Crippen LogP contribution in [0.4, 0.5) is 5.69 Å². The topological polar surface area (TPSA) is 119 Å².